The standard InChI is InChI=1S/C28H27FN4O2S/c1-2-3-16-33-27(35)22-14-13-21(29)17-25(22)32-28(33)36-18-20-10-8-19(9-11-20)12-15-26(34)31-24-7-5-4-6-23(24)30/h4-15,17H,2-3,16,18,30H2,1H3,(H,31,34)/b15-12+. The highest BCUT2D eigenvalue weighted by Gasteiger charge is 2.12. The van der Waals surface area contributed by atoms with Crippen molar-refractivity contribution in [3.63, 3.8) is 0 Å². The number of nitrogen functional groups attached to an aromatic ring is 1. The molecule has 6 nitrogen and oxygen atoms in total. The first-order valence-corrected chi connectivity index (χ1v) is 12.7. The normalized spacial score (nSPS) is 11.3. The fraction of sp³-hybridized carbons (Fsp3) is 0.179. The molecule has 3 aromatic carbocycles. The lowest BCUT2D eigenvalue weighted by Crippen LogP contribution is -2.23. The molecule has 0 radical (unpaired) electrons. The Bertz CT molecular complexity index is 1470. The van der Waals surface area contributed by atoms with Crippen LogP contribution in [-0.4, -0.2) is 15.5 Å². The van der Waals surface area contributed by atoms with Gasteiger partial charge in [-0.25, -0.2) is 9.37 Å². The van der Waals surface area contributed by atoms with Gasteiger partial charge in [0, 0.05) is 24.4 Å². The molecule has 0 fully saturated rings. The number of carbonyl (C=O) groups excluding carboxylic acids is 1. The van der Waals surface area contributed by atoms with E-state index in [1.165, 1.54) is 36.0 Å². The van der Waals surface area contributed by atoms with Gasteiger partial charge in [0.1, 0.15) is 5.82 Å². The van der Waals surface area contributed by atoms with Crippen molar-refractivity contribution >= 4 is 46.0 Å². The van der Waals surface area contributed by atoms with E-state index < -0.39 is 5.82 Å². The van der Waals surface area contributed by atoms with Crippen molar-refractivity contribution in [1.29, 1.82) is 0 Å². The molecule has 0 aliphatic carbocycles. The van der Waals surface area contributed by atoms with Gasteiger partial charge in [-0.15, -0.1) is 0 Å². The number of hydrogen-bond acceptors (Lipinski definition) is 5. The lowest BCUT2D eigenvalue weighted by atomic mass is 10.1. The average molecular weight is 503 g/mol. The van der Waals surface area contributed by atoms with E-state index in [2.05, 4.69) is 17.2 Å². The van der Waals surface area contributed by atoms with Gasteiger partial charge >= 0.3 is 0 Å². The first-order chi connectivity index (χ1) is 17.4. The number of thioether (sulfide) groups is 1. The zero-order valence-electron chi connectivity index (χ0n) is 19.9. The molecular weight excluding hydrogens is 475 g/mol. The fourth-order valence-corrected chi connectivity index (χ4v) is 4.61. The van der Waals surface area contributed by atoms with E-state index in [9.17, 15) is 14.0 Å². The zero-order valence-corrected chi connectivity index (χ0v) is 20.7. The van der Waals surface area contributed by atoms with Crippen LogP contribution in [0.5, 0.6) is 0 Å². The molecular formula is C28H27FN4O2S. The quantitative estimate of drug-likeness (QED) is 0.129. The molecule has 1 aromatic heterocycles. The molecule has 0 spiro atoms. The monoisotopic (exact) mass is 502 g/mol. The highest BCUT2D eigenvalue weighted by molar-refractivity contribution is 7.98. The lowest BCUT2D eigenvalue weighted by Gasteiger charge is -2.13. The van der Waals surface area contributed by atoms with E-state index in [0.29, 0.717) is 39.7 Å². The molecule has 0 atom stereocenters. The summed E-state index contributed by atoms with van der Waals surface area (Å²) in [7, 11) is 0. The van der Waals surface area contributed by atoms with Crippen LogP contribution in [0.2, 0.25) is 0 Å². The van der Waals surface area contributed by atoms with Crippen molar-refractivity contribution in [1.82, 2.24) is 9.55 Å². The Morgan fingerprint density at radius 1 is 1.14 bits per heavy atom. The number of rotatable bonds is 9. The minimum atomic E-state index is -0.416. The second kappa shape index (κ2) is 11.7. The van der Waals surface area contributed by atoms with Crippen LogP contribution >= 0.6 is 11.8 Å². The predicted octanol–water partition coefficient (Wildman–Crippen LogP) is 5.86. The number of unbranched alkanes of at least 4 members (excludes halogenated alkanes) is 1. The maximum absolute atomic E-state index is 13.7. The first kappa shape index (κ1) is 25.2. The first-order valence-electron chi connectivity index (χ1n) is 11.7. The van der Waals surface area contributed by atoms with E-state index in [1.807, 2.05) is 24.3 Å². The van der Waals surface area contributed by atoms with Gasteiger partial charge in [0.05, 0.1) is 22.3 Å². The number of anilines is 2. The highest BCUT2D eigenvalue weighted by Crippen LogP contribution is 2.23. The van der Waals surface area contributed by atoms with Crippen molar-refractivity contribution in [2.75, 3.05) is 11.1 Å². The van der Waals surface area contributed by atoms with Gasteiger partial charge in [0.2, 0.25) is 5.91 Å². The van der Waals surface area contributed by atoms with Crippen LogP contribution in [0.25, 0.3) is 17.0 Å². The van der Waals surface area contributed by atoms with Crippen LogP contribution in [0.3, 0.4) is 0 Å². The van der Waals surface area contributed by atoms with Crippen molar-refractivity contribution in [2.45, 2.75) is 37.2 Å². The van der Waals surface area contributed by atoms with Crippen LogP contribution < -0.4 is 16.6 Å². The van der Waals surface area contributed by atoms with Crippen molar-refractivity contribution < 1.29 is 9.18 Å². The second-order valence-corrected chi connectivity index (χ2v) is 9.25. The number of amides is 1. The summed E-state index contributed by atoms with van der Waals surface area (Å²) < 4.78 is 15.4. The van der Waals surface area contributed by atoms with E-state index in [0.717, 1.165) is 24.0 Å². The van der Waals surface area contributed by atoms with Crippen LogP contribution in [0.4, 0.5) is 15.8 Å². The number of carbonyl (C=O) groups is 1. The molecule has 1 heterocycles. The third-order valence-corrected chi connectivity index (χ3v) is 6.66. The van der Waals surface area contributed by atoms with Gasteiger partial charge in [0.15, 0.2) is 5.16 Å². The number of aromatic nitrogens is 2. The van der Waals surface area contributed by atoms with Crippen LogP contribution in [0, 0.1) is 5.82 Å². The molecule has 8 heteroatoms. The number of nitrogens with one attached hydrogen (secondary N) is 1. The third kappa shape index (κ3) is 6.20. The van der Waals surface area contributed by atoms with Gasteiger partial charge in [-0.05, 0) is 47.9 Å². The lowest BCUT2D eigenvalue weighted by molar-refractivity contribution is -0.111. The number of benzene rings is 3. The number of para-hydroxylation sites is 2. The number of hydrogen-bond donors (Lipinski definition) is 2. The molecule has 0 bridgehead atoms. The maximum atomic E-state index is 13.7. The molecule has 0 saturated carbocycles. The summed E-state index contributed by atoms with van der Waals surface area (Å²) in [5.74, 6) is -0.0884. The summed E-state index contributed by atoms with van der Waals surface area (Å²) in [5.41, 5.74) is 9.07. The van der Waals surface area contributed by atoms with Crippen LogP contribution in [-0.2, 0) is 17.1 Å². The molecule has 1 amide bonds. The molecule has 0 saturated heterocycles. The van der Waals surface area contributed by atoms with E-state index >= 15 is 0 Å². The summed E-state index contributed by atoms with van der Waals surface area (Å²) in [5, 5.41) is 3.76. The highest BCUT2D eigenvalue weighted by atomic mass is 32.2. The average Bonchev–Trinajstić information content (AvgIpc) is 2.87. The Kier molecular flexibility index (Phi) is 8.17. The van der Waals surface area contributed by atoms with E-state index in [1.54, 1.807) is 34.9 Å². The largest absolute Gasteiger partial charge is 0.397 e. The Morgan fingerprint density at radius 2 is 1.92 bits per heavy atom. The number of fused-ring (bicyclic) bond motifs is 1. The molecule has 0 unspecified atom stereocenters. The Balaban J connectivity index is 1.45. The molecule has 4 rings (SSSR count). The Hall–Kier alpha value is -3.91. The van der Waals surface area contributed by atoms with Gasteiger partial charge in [0.25, 0.3) is 5.56 Å². The molecule has 184 valence electrons. The van der Waals surface area contributed by atoms with E-state index in [-0.39, 0.29) is 11.5 Å². The molecule has 0 aliphatic rings. The molecule has 0 aliphatic heterocycles. The van der Waals surface area contributed by atoms with Crippen LogP contribution in [0.1, 0.15) is 30.9 Å². The van der Waals surface area contributed by atoms with Gasteiger partial charge in [-0.3, -0.25) is 14.2 Å². The van der Waals surface area contributed by atoms with Gasteiger partial charge in [-0.2, -0.15) is 0 Å². The maximum Gasteiger partial charge on any atom is 0.262 e. The summed E-state index contributed by atoms with van der Waals surface area (Å²) in [6.45, 7) is 2.64. The third-order valence-electron chi connectivity index (χ3n) is 5.61. The zero-order chi connectivity index (χ0) is 25.5. The Morgan fingerprint density at radius 3 is 2.67 bits per heavy atom. The topological polar surface area (TPSA) is 90.0 Å². The van der Waals surface area contributed by atoms with Crippen LogP contribution in [0.15, 0.2) is 82.8 Å². The summed E-state index contributed by atoms with van der Waals surface area (Å²) in [4.78, 5) is 29.8. The predicted molar refractivity (Wildman–Crippen MR) is 145 cm³/mol. The van der Waals surface area contributed by atoms with Gasteiger partial charge < -0.3 is 11.1 Å². The van der Waals surface area contributed by atoms with Gasteiger partial charge in [-0.1, -0.05) is 61.5 Å². The summed E-state index contributed by atoms with van der Waals surface area (Å²) in [6.07, 6.45) is 4.99. The van der Waals surface area contributed by atoms with E-state index in [4.69, 9.17) is 5.73 Å². The van der Waals surface area contributed by atoms with Crippen molar-refractivity contribution in [2.24, 2.45) is 0 Å². The number of nitrogens with zero attached hydrogens (tertiary/aromatic N) is 2. The minimum absolute atomic E-state index is 0.146. The SMILES string of the molecule is CCCCn1c(SCc2ccc(/C=C/C(=O)Nc3ccccc3N)cc2)nc2cc(F)ccc2c1=O. The van der Waals surface area contributed by atoms with Crippen molar-refractivity contribution in [3.8, 4) is 0 Å². The molecule has 3 N–H and O–H groups in total. The summed E-state index contributed by atoms with van der Waals surface area (Å²) >= 11 is 1.45. The number of halogens is 1. The second-order valence-electron chi connectivity index (χ2n) is 8.31. The minimum Gasteiger partial charge on any atom is -0.397 e. The molecule has 4 aromatic rings. The smallest absolute Gasteiger partial charge is 0.262 e. The Labute approximate surface area is 213 Å². The number of nitrogens with two attached hydrogens (primary N) is 1. The van der Waals surface area contributed by atoms with Crippen molar-refractivity contribution in [3.05, 3.63) is 100 Å². The summed E-state index contributed by atoms with van der Waals surface area (Å²) in [6, 6.07) is 19.0. The fourth-order valence-electron chi connectivity index (χ4n) is 3.63. The molecule has 36 heavy (non-hydrogen) atoms.